The van der Waals surface area contributed by atoms with Crippen LogP contribution in [0.3, 0.4) is 0 Å². The van der Waals surface area contributed by atoms with Crippen molar-refractivity contribution < 1.29 is 4.39 Å². The van der Waals surface area contributed by atoms with Gasteiger partial charge in [0.25, 0.3) is 0 Å². The molecule has 0 saturated carbocycles. The van der Waals surface area contributed by atoms with E-state index in [1.807, 2.05) is 31.2 Å². The van der Waals surface area contributed by atoms with Gasteiger partial charge in [0, 0.05) is 12.2 Å². The molecule has 0 aliphatic heterocycles. The SMILES string of the molecule is Cc1cccc(NCc2ccc(Br)c(F)c2)c1. The first-order chi connectivity index (χ1) is 8.15. The molecule has 0 bridgehead atoms. The Morgan fingerprint density at radius 1 is 1.18 bits per heavy atom. The average Bonchev–Trinajstić information content (AvgIpc) is 2.31. The lowest BCUT2D eigenvalue weighted by molar-refractivity contribution is 0.619. The van der Waals surface area contributed by atoms with E-state index in [1.54, 1.807) is 6.07 Å². The van der Waals surface area contributed by atoms with E-state index in [9.17, 15) is 4.39 Å². The fourth-order valence-corrected chi connectivity index (χ4v) is 1.86. The second-order valence-electron chi connectivity index (χ2n) is 3.97. The summed E-state index contributed by atoms with van der Waals surface area (Å²) in [5, 5.41) is 3.27. The van der Waals surface area contributed by atoms with Crippen LogP contribution in [-0.4, -0.2) is 0 Å². The second-order valence-corrected chi connectivity index (χ2v) is 4.83. The number of hydrogen-bond acceptors (Lipinski definition) is 1. The van der Waals surface area contributed by atoms with E-state index in [1.165, 1.54) is 11.6 Å². The highest BCUT2D eigenvalue weighted by Crippen LogP contribution is 2.17. The quantitative estimate of drug-likeness (QED) is 0.878. The lowest BCUT2D eigenvalue weighted by atomic mass is 10.2. The van der Waals surface area contributed by atoms with Gasteiger partial charge in [-0.2, -0.15) is 0 Å². The normalized spacial score (nSPS) is 10.3. The van der Waals surface area contributed by atoms with Crippen LogP contribution >= 0.6 is 15.9 Å². The van der Waals surface area contributed by atoms with Crippen molar-refractivity contribution >= 4 is 21.6 Å². The molecule has 0 unspecified atom stereocenters. The predicted octanol–water partition coefficient (Wildman–Crippen LogP) is 4.51. The summed E-state index contributed by atoms with van der Waals surface area (Å²) in [6, 6.07) is 13.3. The molecule has 0 atom stereocenters. The zero-order chi connectivity index (χ0) is 12.3. The number of benzene rings is 2. The molecule has 2 aromatic rings. The molecule has 0 radical (unpaired) electrons. The molecule has 0 heterocycles. The average molecular weight is 294 g/mol. The van der Waals surface area contributed by atoms with Crippen molar-refractivity contribution in [1.82, 2.24) is 0 Å². The Kier molecular flexibility index (Phi) is 3.79. The summed E-state index contributed by atoms with van der Waals surface area (Å²) in [5.41, 5.74) is 3.18. The number of nitrogens with one attached hydrogen (secondary N) is 1. The van der Waals surface area contributed by atoms with E-state index in [4.69, 9.17) is 0 Å². The minimum absolute atomic E-state index is 0.228. The summed E-state index contributed by atoms with van der Waals surface area (Å²) >= 11 is 3.14. The van der Waals surface area contributed by atoms with E-state index in [0.717, 1.165) is 11.3 Å². The Morgan fingerprint density at radius 2 is 2.00 bits per heavy atom. The fraction of sp³-hybridized carbons (Fsp3) is 0.143. The molecule has 0 aliphatic rings. The monoisotopic (exact) mass is 293 g/mol. The topological polar surface area (TPSA) is 12.0 Å². The van der Waals surface area contributed by atoms with Gasteiger partial charge in [0.1, 0.15) is 5.82 Å². The van der Waals surface area contributed by atoms with Crippen LogP contribution in [-0.2, 0) is 6.54 Å². The van der Waals surface area contributed by atoms with E-state index in [0.29, 0.717) is 11.0 Å². The van der Waals surface area contributed by atoms with Crippen LogP contribution in [0.4, 0.5) is 10.1 Å². The van der Waals surface area contributed by atoms with Crippen LogP contribution in [0.25, 0.3) is 0 Å². The number of halogens is 2. The van der Waals surface area contributed by atoms with Crippen LogP contribution in [0, 0.1) is 12.7 Å². The maximum absolute atomic E-state index is 13.3. The maximum Gasteiger partial charge on any atom is 0.137 e. The standard InChI is InChI=1S/C14H13BrFN/c1-10-3-2-4-12(7-10)17-9-11-5-6-13(15)14(16)8-11/h2-8,17H,9H2,1H3. The molecule has 88 valence electrons. The van der Waals surface area contributed by atoms with Crippen molar-refractivity contribution in [3.8, 4) is 0 Å². The molecule has 0 saturated heterocycles. The van der Waals surface area contributed by atoms with Gasteiger partial charge in [0.15, 0.2) is 0 Å². The molecule has 0 amide bonds. The third-order valence-corrected chi connectivity index (χ3v) is 3.14. The molecule has 0 aromatic heterocycles. The summed E-state index contributed by atoms with van der Waals surface area (Å²) in [6.07, 6.45) is 0. The molecule has 3 heteroatoms. The summed E-state index contributed by atoms with van der Waals surface area (Å²) in [7, 11) is 0. The molecular weight excluding hydrogens is 281 g/mol. The highest BCUT2D eigenvalue weighted by Gasteiger charge is 2.00. The molecule has 1 N–H and O–H groups in total. The van der Waals surface area contributed by atoms with Crippen molar-refractivity contribution in [3.63, 3.8) is 0 Å². The predicted molar refractivity (Wildman–Crippen MR) is 72.6 cm³/mol. The van der Waals surface area contributed by atoms with Crippen molar-refractivity contribution in [2.45, 2.75) is 13.5 Å². The minimum Gasteiger partial charge on any atom is -0.381 e. The second kappa shape index (κ2) is 5.32. The van der Waals surface area contributed by atoms with Crippen LogP contribution in [0.15, 0.2) is 46.9 Å². The summed E-state index contributed by atoms with van der Waals surface area (Å²) in [5.74, 6) is -0.228. The minimum atomic E-state index is -0.228. The molecule has 17 heavy (non-hydrogen) atoms. The first-order valence-electron chi connectivity index (χ1n) is 5.39. The zero-order valence-electron chi connectivity index (χ0n) is 9.50. The number of rotatable bonds is 3. The number of anilines is 1. The molecular formula is C14H13BrFN. The van der Waals surface area contributed by atoms with Gasteiger partial charge in [0.05, 0.1) is 4.47 Å². The molecule has 1 nitrogen and oxygen atoms in total. The summed E-state index contributed by atoms with van der Waals surface area (Å²) < 4.78 is 13.8. The van der Waals surface area contributed by atoms with Crippen LogP contribution < -0.4 is 5.32 Å². The molecule has 0 spiro atoms. The third kappa shape index (κ3) is 3.30. The third-order valence-electron chi connectivity index (χ3n) is 2.50. The Hall–Kier alpha value is -1.35. The van der Waals surface area contributed by atoms with Crippen molar-refractivity contribution in [2.75, 3.05) is 5.32 Å². The first-order valence-corrected chi connectivity index (χ1v) is 6.19. The Morgan fingerprint density at radius 3 is 2.71 bits per heavy atom. The highest BCUT2D eigenvalue weighted by molar-refractivity contribution is 9.10. The lowest BCUT2D eigenvalue weighted by Crippen LogP contribution is -1.99. The smallest absolute Gasteiger partial charge is 0.137 e. The van der Waals surface area contributed by atoms with Crippen LogP contribution in [0.1, 0.15) is 11.1 Å². The van der Waals surface area contributed by atoms with Gasteiger partial charge < -0.3 is 5.32 Å². The molecule has 2 rings (SSSR count). The van der Waals surface area contributed by atoms with Crippen LogP contribution in [0.2, 0.25) is 0 Å². The largest absolute Gasteiger partial charge is 0.381 e. The number of aryl methyl sites for hydroxylation is 1. The Bertz CT molecular complexity index is 525. The Balaban J connectivity index is 2.05. The van der Waals surface area contributed by atoms with E-state index < -0.39 is 0 Å². The van der Waals surface area contributed by atoms with Gasteiger partial charge in [-0.25, -0.2) is 4.39 Å². The first kappa shape index (κ1) is 12.1. The van der Waals surface area contributed by atoms with Gasteiger partial charge in [-0.1, -0.05) is 18.2 Å². The molecule has 0 aliphatic carbocycles. The number of hydrogen-bond donors (Lipinski definition) is 1. The van der Waals surface area contributed by atoms with Gasteiger partial charge in [-0.15, -0.1) is 0 Å². The van der Waals surface area contributed by atoms with Crippen LogP contribution in [0.5, 0.6) is 0 Å². The van der Waals surface area contributed by atoms with E-state index >= 15 is 0 Å². The van der Waals surface area contributed by atoms with E-state index in [2.05, 4.69) is 27.3 Å². The zero-order valence-corrected chi connectivity index (χ0v) is 11.1. The molecule has 2 aromatic carbocycles. The highest BCUT2D eigenvalue weighted by atomic mass is 79.9. The van der Waals surface area contributed by atoms with E-state index in [-0.39, 0.29) is 5.82 Å². The van der Waals surface area contributed by atoms with Gasteiger partial charge in [-0.05, 0) is 58.2 Å². The Labute approximate surface area is 109 Å². The summed E-state index contributed by atoms with van der Waals surface area (Å²) in [6.45, 7) is 2.66. The van der Waals surface area contributed by atoms with Gasteiger partial charge in [-0.3, -0.25) is 0 Å². The maximum atomic E-state index is 13.3. The van der Waals surface area contributed by atoms with Gasteiger partial charge in [0.2, 0.25) is 0 Å². The van der Waals surface area contributed by atoms with Crippen molar-refractivity contribution in [3.05, 3.63) is 63.9 Å². The van der Waals surface area contributed by atoms with Crippen molar-refractivity contribution in [2.24, 2.45) is 0 Å². The van der Waals surface area contributed by atoms with Crippen molar-refractivity contribution in [1.29, 1.82) is 0 Å². The van der Waals surface area contributed by atoms with Gasteiger partial charge >= 0.3 is 0 Å². The fourth-order valence-electron chi connectivity index (χ4n) is 1.61. The summed E-state index contributed by atoms with van der Waals surface area (Å²) in [4.78, 5) is 0. The lowest BCUT2D eigenvalue weighted by Gasteiger charge is -2.07. The molecule has 0 fully saturated rings.